The quantitative estimate of drug-likeness (QED) is 0.693. The molecule has 4 rings (SSSR count). The average molecular weight is 398 g/mol. The molecule has 3 aromatic rings. The number of nitrogens with one attached hydrogen (secondary N) is 2. The molecule has 0 saturated carbocycles. The van der Waals surface area contributed by atoms with Crippen LogP contribution >= 0.6 is 11.6 Å². The van der Waals surface area contributed by atoms with Crippen LogP contribution in [0.1, 0.15) is 5.56 Å². The minimum atomic E-state index is -3.80. The Bertz CT molecular complexity index is 1160. The van der Waals surface area contributed by atoms with Gasteiger partial charge in [0.1, 0.15) is 5.84 Å². The normalized spacial score (nSPS) is 15.6. The van der Waals surface area contributed by atoms with E-state index in [4.69, 9.17) is 11.6 Å². The van der Waals surface area contributed by atoms with Crippen LogP contribution in [0.3, 0.4) is 0 Å². The third kappa shape index (κ3) is 4.13. The number of hydrogen-bond donors (Lipinski definition) is 2. The van der Waals surface area contributed by atoms with Gasteiger partial charge in [0.15, 0.2) is 0 Å². The van der Waals surface area contributed by atoms with Crippen molar-refractivity contribution in [2.24, 2.45) is 4.40 Å². The number of nitrogens with zero attached hydrogens (tertiary/aromatic N) is 1. The van der Waals surface area contributed by atoms with Crippen LogP contribution in [0.2, 0.25) is 5.02 Å². The predicted octanol–water partition coefficient (Wildman–Crippen LogP) is 4.28. The number of anilines is 1. The maximum atomic E-state index is 12.2. The van der Waals surface area contributed by atoms with E-state index in [1.807, 2.05) is 42.5 Å². The lowest BCUT2D eigenvalue weighted by Crippen LogP contribution is -2.30. The van der Waals surface area contributed by atoms with Crippen molar-refractivity contribution in [1.29, 1.82) is 0 Å². The smallest absolute Gasteiger partial charge is 0.339 e. The molecule has 1 aliphatic rings. The molecule has 7 heteroatoms. The van der Waals surface area contributed by atoms with Gasteiger partial charge in [-0.3, -0.25) is 4.72 Å². The molecule has 0 fully saturated rings. The van der Waals surface area contributed by atoms with E-state index in [1.54, 1.807) is 30.3 Å². The van der Waals surface area contributed by atoms with E-state index < -0.39 is 10.2 Å². The maximum Gasteiger partial charge on any atom is 0.343 e. The fourth-order valence-corrected chi connectivity index (χ4v) is 4.01. The molecule has 27 heavy (non-hydrogen) atoms. The van der Waals surface area contributed by atoms with Crippen LogP contribution in [0.5, 0.6) is 0 Å². The summed E-state index contributed by atoms with van der Waals surface area (Å²) in [7, 11) is -3.80. The van der Waals surface area contributed by atoms with Crippen molar-refractivity contribution in [1.82, 2.24) is 4.72 Å². The highest BCUT2D eigenvalue weighted by Crippen LogP contribution is 2.22. The fraction of sp³-hybridized carbons (Fsp3) is 0.0500. The Hall–Kier alpha value is -2.83. The molecule has 3 aromatic carbocycles. The lowest BCUT2D eigenvalue weighted by Gasteiger charge is -2.17. The first-order valence-corrected chi connectivity index (χ1v) is 10.1. The van der Waals surface area contributed by atoms with Crippen LogP contribution in [0.4, 0.5) is 5.69 Å². The Morgan fingerprint density at radius 1 is 0.963 bits per heavy atom. The fourth-order valence-electron chi connectivity index (χ4n) is 3.02. The summed E-state index contributed by atoms with van der Waals surface area (Å²) in [5.41, 5.74) is 2.30. The third-order valence-electron chi connectivity index (χ3n) is 4.17. The highest BCUT2D eigenvalue weighted by Gasteiger charge is 2.19. The Morgan fingerprint density at radius 3 is 2.52 bits per heavy atom. The first-order chi connectivity index (χ1) is 13.0. The summed E-state index contributed by atoms with van der Waals surface area (Å²) in [5.74, 6) is 0.256. The van der Waals surface area contributed by atoms with Crippen LogP contribution < -0.4 is 10.0 Å². The van der Waals surface area contributed by atoms with Gasteiger partial charge < -0.3 is 5.32 Å². The van der Waals surface area contributed by atoms with Crippen molar-refractivity contribution >= 4 is 44.1 Å². The monoisotopic (exact) mass is 397 g/mol. The van der Waals surface area contributed by atoms with Gasteiger partial charge in [-0.1, -0.05) is 54.1 Å². The first-order valence-electron chi connectivity index (χ1n) is 8.31. The predicted molar refractivity (Wildman–Crippen MR) is 110 cm³/mol. The molecule has 5 nitrogen and oxygen atoms in total. The number of rotatable bonds is 3. The second-order valence-corrected chi connectivity index (χ2v) is 7.94. The first kappa shape index (κ1) is 17.6. The zero-order valence-electron chi connectivity index (χ0n) is 14.2. The molecule has 136 valence electrons. The lowest BCUT2D eigenvalue weighted by atomic mass is 10.0. The Kier molecular flexibility index (Phi) is 4.59. The number of halogens is 1. The third-order valence-corrected chi connectivity index (χ3v) is 5.38. The second kappa shape index (κ2) is 7.06. The minimum absolute atomic E-state index is 0.256. The van der Waals surface area contributed by atoms with Gasteiger partial charge in [0, 0.05) is 28.9 Å². The summed E-state index contributed by atoms with van der Waals surface area (Å²) in [5, 5.41) is 5.82. The summed E-state index contributed by atoms with van der Waals surface area (Å²) in [4.78, 5) is 0. The van der Waals surface area contributed by atoms with Gasteiger partial charge in [-0.05, 0) is 40.6 Å². The van der Waals surface area contributed by atoms with E-state index in [1.165, 1.54) is 0 Å². The number of allylic oxidation sites excluding steroid dienone is 1. The molecule has 0 unspecified atom stereocenters. The van der Waals surface area contributed by atoms with Crippen LogP contribution in [-0.2, 0) is 16.6 Å². The van der Waals surface area contributed by atoms with Crippen molar-refractivity contribution < 1.29 is 8.42 Å². The molecule has 0 spiro atoms. The van der Waals surface area contributed by atoms with Gasteiger partial charge in [0.05, 0.1) is 0 Å². The van der Waals surface area contributed by atoms with Gasteiger partial charge in [-0.15, -0.1) is 4.40 Å². The maximum absolute atomic E-state index is 12.2. The van der Waals surface area contributed by atoms with Crippen molar-refractivity contribution in [3.05, 3.63) is 89.1 Å². The van der Waals surface area contributed by atoms with Gasteiger partial charge in [0.2, 0.25) is 0 Å². The highest BCUT2D eigenvalue weighted by molar-refractivity contribution is 7.88. The van der Waals surface area contributed by atoms with Crippen LogP contribution in [0.15, 0.2) is 82.9 Å². The number of amidine groups is 1. The average Bonchev–Trinajstić information content (AvgIpc) is 2.63. The lowest BCUT2D eigenvalue weighted by molar-refractivity contribution is 0.589. The molecule has 0 atom stereocenters. The molecule has 1 heterocycles. The number of hydrogen-bond acceptors (Lipinski definition) is 3. The Morgan fingerprint density at radius 2 is 1.70 bits per heavy atom. The largest absolute Gasteiger partial charge is 0.343 e. The summed E-state index contributed by atoms with van der Waals surface area (Å²) < 4.78 is 30.6. The molecule has 0 amide bonds. The molecule has 0 radical (unpaired) electrons. The number of benzene rings is 3. The summed E-state index contributed by atoms with van der Waals surface area (Å²) in [6.07, 6.45) is 2.15. The molecular formula is C20H16ClN3O2S. The summed E-state index contributed by atoms with van der Waals surface area (Å²) >= 11 is 5.89. The SMILES string of the molecule is O=S1(=O)N=C(Nc2ccc(Cl)cc2)C=C(Cc2cccc3ccccc23)N1. The van der Waals surface area contributed by atoms with E-state index in [0.717, 1.165) is 16.3 Å². The second-order valence-electron chi connectivity index (χ2n) is 6.17. The van der Waals surface area contributed by atoms with Crippen LogP contribution in [0.25, 0.3) is 10.8 Å². The molecule has 0 aromatic heterocycles. The summed E-state index contributed by atoms with van der Waals surface area (Å²) in [6.45, 7) is 0. The number of fused-ring (bicyclic) bond motifs is 1. The molecule has 2 N–H and O–H groups in total. The molecule has 0 bridgehead atoms. The van der Waals surface area contributed by atoms with Gasteiger partial charge >= 0.3 is 10.2 Å². The molecular weight excluding hydrogens is 382 g/mol. The van der Waals surface area contributed by atoms with E-state index in [-0.39, 0.29) is 5.84 Å². The van der Waals surface area contributed by atoms with Gasteiger partial charge in [0.25, 0.3) is 0 Å². The summed E-state index contributed by atoms with van der Waals surface area (Å²) in [6, 6.07) is 21.0. The van der Waals surface area contributed by atoms with Crippen LogP contribution in [-0.4, -0.2) is 14.3 Å². The molecule has 1 aliphatic heterocycles. The van der Waals surface area contributed by atoms with E-state index in [2.05, 4.69) is 14.4 Å². The van der Waals surface area contributed by atoms with E-state index in [0.29, 0.717) is 22.8 Å². The van der Waals surface area contributed by atoms with Crippen molar-refractivity contribution in [2.75, 3.05) is 5.32 Å². The standard InChI is InChI=1S/C20H16ClN3O2S/c21-16-8-10-17(11-9-16)22-20-13-18(23-27(25,26)24-20)12-15-6-3-5-14-4-1-2-7-19(14)15/h1-11,13,23H,12H2,(H,22,24). The van der Waals surface area contributed by atoms with Crippen molar-refractivity contribution in [2.45, 2.75) is 6.42 Å². The van der Waals surface area contributed by atoms with Gasteiger partial charge in [-0.25, -0.2) is 0 Å². The van der Waals surface area contributed by atoms with E-state index in [9.17, 15) is 8.42 Å². The molecule has 0 saturated heterocycles. The minimum Gasteiger partial charge on any atom is -0.339 e. The topological polar surface area (TPSA) is 70.6 Å². The Labute approximate surface area is 162 Å². The highest BCUT2D eigenvalue weighted by atomic mass is 35.5. The molecule has 0 aliphatic carbocycles. The van der Waals surface area contributed by atoms with Gasteiger partial charge in [-0.2, -0.15) is 8.42 Å². The van der Waals surface area contributed by atoms with Crippen LogP contribution in [0, 0.1) is 0 Å². The Balaban J connectivity index is 1.64. The zero-order chi connectivity index (χ0) is 18.9. The van der Waals surface area contributed by atoms with Crippen molar-refractivity contribution in [3.63, 3.8) is 0 Å². The van der Waals surface area contributed by atoms with Crippen molar-refractivity contribution in [3.8, 4) is 0 Å². The van der Waals surface area contributed by atoms with E-state index >= 15 is 0 Å². The zero-order valence-corrected chi connectivity index (χ0v) is 15.8.